The third-order valence-corrected chi connectivity index (χ3v) is 2.27. The van der Waals surface area contributed by atoms with E-state index in [9.17, 15) is 17.6 Å². The van der Waals surface area contributed by atoms with Crippen molar-refractivity contribution in [1.82, 2.24) is 19.7 Å². The SMILES string of the molecule is COc1nc(-c2cnn(C)c2)nc(F)c1C(F)(F)F. The number of ether oxygens (including phenoxy) is 1. The Morgan fingerprint density at radius 3 is 2.42 bits per heavy atom. The highest BCUT2D eigenvalue weighted by Gasteiger charge is 2.40. The van der Waals surface area contributed by atoms with Gasteiger partial charge in [-0.25, -0.2) is 0 Å². The molecule has 0 N–H and O–H groups in total. The molecule has 102 valence electrons. The quantitative estimate of drug-likeness (QED) is 0.622. The first kappa shape index (κ1) is 13.2. The zero-order valence-electron chi connectivity index (χ0n) is 9.86. The van der Waals surface area contributed by atoms with Crippen molar-refractivity contribution in [2.24, 2.45) is 7.05 Å². The van der Waals surface area contributed by atoms with E-state index in [2.05, 4.69) is 19.8 Å². The highest BCUT2D eigenvalue weighted by atomic mass is 19.4. The maximum atomic E-state index is 13.5. The van der Waals surface area contributed by atoms with Crippen LogP contribution in [0.4, 0.5) is 17.6 Å². The summed E-state index contributed by atoms with van der Waals surface area (Å²) in [6, 6.07) is 0. The van der Waals surface area contributed by atoms with E-state index in [-0.39, 0.29) is 11.4 Å². The molecule has 0 bridgehead atoms. The monoisotopic (exact) mass is 276 g/mol. The normalized spacial score (nSPS) is 11.7. The van der Waals surface area contributed by atoms with Crippen molar-refractivity contribution in [2.45, 2.75) is 6.18 Å². The van der Waals surface area contributed by atoms with Crippen LogP contribution in [0.1, 0.15) is 5.56 Å². The minimum Gasteiger partial charge on any atom is -0.480 e. The number of aryl methyl sites for hydroxylation is 1. The Balaban J connectivity index is 2.60. The van der Waals surface area contributed by atoms with Crippen LogP contribution in [-0.4, -0.2) is 26.9 Å². The van der Waals surface area contributed by atoms with Gasteiger partial charge in [0.25, 0.3) is 0 Å². The largest absolute Gasteiger partial charge is 0.480 e. The molecule has 0 aliphatic carbocycles. The molecule has 2 aromatic rings. The fourth-order valence-electron chi connectivity index (χ4n) is 1.47. The Morgan fingerprint density at radius 1 is 1.26 bits per heavy atom. The lowest BCUT2D eigenvalue weighted by molar-refractivity contribution is -0.142. The van der Waals surface area contributed by atoms with Crippen LogP contribution < -0.4 is 4.74 Å². The van der Waals surface area contributed by atoms with Crippen molar-refractivity contribution >= 4 is 0 Å². The van der Waals surface area contributed by atoms with Gasteiger partial charge in [-0.3, -0.25) is 4.68 Å². The van der Waals surface area contributed by atoms with Gasteiger partial charge in [0.1, 0.15) is 0 Å². The molecular formula is C10H8F4N4O. The zero-order chi connectivity index (χ0) is 14.2. The molecule has 0 radical (unpaired) electrons. The molecule has 0 saturated carbocycles. The summed E-state index contributed by atoms with van der Waals surface area (Å²) in [4.78, 5) is 6.76. The van der Waals surface area contributed by atoms with Crippen LogP contribution in [0.5, 0.6) is 5.88 Å². The molecule has 19 heavy (non-hydrogen) atoms. The Bertz CT molecular complexity index is 608. The van der Waals surface area contributed by atoms with Gasteiger partial charge < -0.3 is 4.74 Å². The lowest BCUT2D eigenvalue weighted by Gasteiger charge is -2.11. The van der Waals surface area contributed by atoms with Crippen LogP contribution >= 0.6 is 0 Å². The Labute approximate surface area is 104 Å². The second-order valence-electron chi connectivity index (χ2n) is 3.62. The van der Waals surface area contributed by atoms with Gasteiger partial charge in [-0.05, 0) is 0 Å². The van der Waals surface area contributed by atoms with Gasteiger partial charge in [-0.15, -0.1) is 0 Å². The van der Waals surface area contributed by atoms with Crippen molar-refractivity contribution in [3.8, 4) is 17.3 Å². The molecule has 2 heterocycles. The second kappa shape index (κ2) is 4.48. The van der Waals surface area contributed by atoms with Gasteiger partial charge in [0.15, 0.2) is 11.4 Å². The van der Waals surface area contributed by atoms with Crippen LogP contribution in [-0.2, 0) is 13.2 Å². The summed E-state index contributed by atoms with van der Waals surface area (Å²) in [7, 11) is 2.57. The number of rotatable bonds is 2. The summed E-state index contributed by atoms with van der Waals surface area (Å²) in [5.41, 5.74) is -1.34. The minimum absolute atomic E-state index is 0.226. The minimum atomic E-state index is -4.93. The first-order valence-electron chi connectivity index (χ1n) is 5.00. The molecular weight excluding hydrogens is 268 g/mol. The third kappa shape index (κ3) is 2.49. The van der Waals surface area contributed by atoms with E-state index in [1.54, 1.807) is 7.05 Å². The highest BCUT2D eigenvalue weighted by molar-refractivity contribution is 5.53. The van der Waals surface area contributed by atoms with E-state index in [0.717, 1.165) is 7.11 Å². The van der Waals surface area contributed by atoms with Crippen molar-refractivity contribution in [3.05, 3.63) is 23.9 Å². The first-order chi connectivity index (χ1) is 8.82. The lowest BCUT2D eigenvalue weighted by Crippen LogP contribution is -2.14. The number of aromatic nitrogens is 4. The van der Waals surface area contributed by atoms with Gasteiger partial charge >= 0.3 is 6.18 Å². The van der Waals surface area contributed by atoms with Crippen LogP contribution in [0.3, 0.4) is 0 Å². The summed E-state index contributed by atoms with van der Waals surface area (Å²) >= 11 is 0. The van der Waals surface area contributed by atoms with Crippen molar-refractivity contribution < 1.29 is 22.3 Å². The predicted octanol–water partition coefficient (Wildman–Crippen LogP) is 2.04. The summed E-state index contributed by atoms with van der Waals surface area (Å²) in [6.45, 7) is 0. The standard InChI is InChI=1S/C10H8F4N4O/c1-18-4-5(3-15-18)8-16-7(11)6(10(12,13)14)9(17-8)19-2/h3-4H,1-2H3. The number of halogens is 4. The highest BCUT2D eigenvalue weighted by Crippen LogP contribution is 2.37. The van der Waals surface area contributed by atoms with Gasteiger partial charge in [-0.1, -0.05) is 0 Å². The van der Waals surface area contributed by atoms with E-state index in [0.29, 0.717) is 0 Å². The molecule has 2 aromatic heterocycles. The van der Waals surface area contributed by atoms with Crippen LogP contribution in [0.25, 0.3) is 11.4 Å². The fraction of sp³-hybridized carbons (Fsp3) is 0.300. The average molecular weight is 276 g/mol. The van der Waals surface area contributed by atoms with E-state index in [1.165, 1.54) is 17.1 Å². The molecule has 0 spiro atoms. The summed E-state index contributed by atoms with van der Waals surface area (Å²) < 4.78 is 57.2. The van der Waals surface area contributed by atoms with Crippen LogP contribution in [0.15, 0.2) is 12.4 Å². The molecule has 5 nitrogen and oxygen atoms in total. The third-order valence-electron chi connectivity index (χ3n) is 2.27. The Hall–Kier alpha value is -2.19. The summed E-state index contributed by atoms with van der Waals surface area (Å²) in [5.74, 6) is -2.77. The summed E-state index contributed by atoms with van der Waals surface area (Å²) in [6.07, 6.45) is -2.17. The van der Waals surface area contributed by atoms with Gasteiger partial charge in [-0.2, -0.15) is 32.6 Å². The molecule has 0 saturated heterocycles. The molecule has 0 aliphatic heterocycles. The maximum Gasteiger partial charge on any atom is 0.426 e. The molecule has 0 unspecified atom stereocenters. The summed E-state index contributed by atoms with van der Waals surface area (Å²) in [5, 5.41) is 3.80. The van der Waals surface area contributed by atoms with Gasteiger partial charge in [0, 0.05) is 13.2 Å². The smallest absolute Gasteiger partial charge is 0.426 e. The fourth-order valence-corrected chi connectivity index (χ4v) is 1.47. The van der Waals surface area contributed by atoms with E-state index >= 15 is 0 Å². The zero-order valence-corrected chi connectivity index (χ0v) is 9.86. The van der Waals surface area contributed by atoms with E-state index < -0.39 is 23.6 Å². The van der Waals surface area contributed by atoms with E-state index in [4.69, 9.17) is 0 Å². The van der Waals surface area contributed by atoms with Crippen LogP contribution in [0.2, 0.25) is 0 Å². The average Bonchev–Trinajstić information content (AvgIpc) is 2.73. The number of hydrogen-bond donors (Lipinski definition) is 0. The van der Waals surface area contributed by atoms with Gasteiger partial charge in [0.2, 0.25) is 11.8 Å². The maximum absolute atomic E-state index is 13.5. The molecule has 0 atom stereocenters. The molecule has 2 rings (SSSR count). The van der Waals surface area contributed by atoms with Gasteiger partial charge in [0.05, 0.1) is 18.9 Å². The molecule has 0 aromatic carbocycles. The van der Waals surface area contributed by atoms with Crippen LogP contribution in [0, 0.1) is 5.95 Å². The number of alkyl halides is 3. The molecule has 0 fully saturated rings. The Morgan fingerprint density at radius 2 is 1.95 bits per heavy atom. The number of nitrogens with zero attached hydrogens (tertiary/aromatic N) is 4. The van der Waals surface area contributed by atoms with E-state index in [1.807, 2.05) is 0 Å². The van der Waals surface area contributed by atoms with Crippen molar-refractivity contribution in [3.63, 3.8) is 0 Å². The molecule has 0 amide bonds. The molecule has 9 heteroatoms. The second-order valence-corrected chi connectivity index (χ2v) is 3.62. The Kier molecular flexibility index (Phi) is 3.13. The number of methoxy groups -OCH3 is 1. The van der Waals surface area contributed by atoms with Crippen molar-refractivity contribution in [1.29, 1.82) is 0 Å². The lowest BCUT2D eigenvalue weighted by atomic mass is 10.2. The molecule has 0 aliphatic rings. The first-order valence-corrected chi connectivity index (χ1v) is 5.00. The topological polar surface area (TPSA) is 52.8 Å². The predicted molar refractivity (Wildman–Crippen MR) is 55.7 cm³/mol. The van der Waals surface area contributed by atoms with Crippen molar-refractivity contribution in [2.75, 3.05) is 7.11 Å². The number of hydrogen-bond acceptors (Lipinski definition) is 4.